The fourth-order valence-electron chi connectivity index (χ4n) is 4.97. The van der Waals surface area contributed by atoms with Gasteiger partial charge in [-0.25, -0.2) is 9.79 Å². The molecule has 1 atom stereocenters. The van der Waals surface area contributed by atoms with Gasteiger partial charge in [0.05, 0.1) is 36.1 Å². The zero-order valence-electron chi connectivity index (χ0n) is 25.4. The molecule has 0 radical (unpaired) electrons. The molecule has 2 heterocycles. The summed E-state index contributed by atoms with van der Waals surface area (Å²) in [5, 5.41) is 2.78. The number of carbonyl (C=O) groups is 2. The molecule has 0 bridgehead atoms. The SMILES string of the molecule is CCOC(=O)C1=C(C)N=c2s/c(=C/c3ccc(OCC(=O)Nc4ccccc4)cc3)c(=O)n2[C@@H]1c1cccc(OC)c1OCC. The van der Waals surface area contributed by atoms with Crippen LogP contribution in [0.3, 0.4) is 0 Å². The number of fused-ring (bicyclic) bond motifs is 1. The Morgan fingerprint density at radius 3 is 2.42 bits per heavy atom. The molecule has 45 heavy (non-hydrogen) atoms. The molecule has 1 aliphatic heterocycles. The number of nitrogens with zero attached hydrogens (tertiary/aromatic N) is 2. The number of anilines is 1. The van der Waals surface area contributed by atoms with Gasteiger partial charge in [0.2, 0.25) is 0 Å². The first-order valence-corrected chi connectivity index (χ1v) is 15.2. The lowest BCUT2D eigenvalue weighted by Crippen LogP contribution is -2.40. The normalized spacial score (nSPS) is 14.3. The van der Waals surface area contributed by atoms with Crippen molar-refractivity contribution in [2.45, 2.75) is 26.8 Å². The van der Waals surface area contributed by atoms with E-state index in [0.717, 1.165) is 5.56 Å². The van der Waals surface area contributed by atoms with E-state index in [9.17, 15) is 14.4 Å². The molecule has 4 aromatic rings. The van der Waals surface area contributed by atoms with Crippen molar-refractivity contribution < 1.29 is 28.5 Å². The largest absolute Gasteiger partial charge is 0.493 e. The van der Waals surface area contributed by atoms with Crippen LogP contribution in [-0.2, 0) is 14.3 Å². The molecule has 5 rings (SSSR count). The third-order valence-electron chi connectivity index (χ3n) is 6.93. The minimum atomic E-state index is -0.850. The zero-order valence-corrected chi connectivity index (χ0v) is 26.2. The van der Waals surface area contributed by atoms with E-state index in [4.69, 9.17) is 18.9 Å². The fraction of sp³-hybridized carbons (Fsp3) is 0.235. The Balaban J connectivity index is 1.48. The molecule has 1 aromatic heterocycles. The molecule has 11 heteroatoms. The average Bonchev–Trinajstić information content (AvgIpc) is 3.34. The molecule has 0 spiro atoms. The van der Waals surface area contributed by atoms with Crippen LogP contribution >= 0.6 is 11.3 Å². The van der Waals surface area contributed by atoms with E-state index in [1.165, 1.54) is 23.0 Å². The molecule has 1 N–H and O–H groups in total. The van der Waals surface area contributed by atoms with Crippen LogP contribution in [0.4, 0.5) is 5.69 Å². The van der Waals surface area contributed by atoms with Crippen LogP contribution in [-0.4, -0.2) is 43.4 Å². The summed E-state index contributed by atoms with van der Waals surface area (Å²) in [5.74, 6) is 0.590. The van der Waals surface area contributed by atoms with Gasteiger partial charge in [-0.3, -0.25) is 14.2 Å². The maximum Gasteiger partial charge on any atom is 0.338 e. The molecule has 0 aliphatic carbocycles. The number of allylic oxidation sites excluding steroid dienone is 1. The molecular weight excluding hydrogens is 594 g/mol. The number of esters is 1. The molecule has 0 fully saturated rings. The van der Waals surface area contributed by atoms with Crippen molar-refractivity contribution in [1.82, 2.24) is 4.57 Å². The summed E-state index contributed by atoms with van der Waals surface area (Å²) in [6.07, 6.45) is 1.76. The summed E-state index contributed by atoms with van der Waals surface area (Å²) in [7, 11) is 1.54. The summed E-state index contributed by atoms with van der Waals surface area (Å²) in [4.78, 5) is 44.6. The Hall–Kier alpha value is -5.16. The third kappa shape index (κ3) is 6.83. The second-order valence-electron chi connectivity index (χ2n) is 9.89. The van der Waals surface area contributed by atoms with E-state index in [1.54, 1.807) is 68.5 Å². The number of methoxy groups -OCH3 is 1. The lowest BCUT2D eigenvalue weighted by Gasteiger charge is -2.26. The van der Waals surface area contributed by atoms with Gasteiger partial charge in [-0.1, -0.05) is 53.8 Å². The van der Waals surface area contributed by atoms with Gasteiger partial charge in [0.25, 0.3) is 11.5 Å². The third-order valence-corrected chi connectivity index (χ3v) is 7.92. The number of carbonyl (C=O) groups excluding carboxylic acids is 2. The minimum absolute atomic E-state index is 0.150. The standard InChI is InChI=1S/C34H33N3O7S/c1-5-42-31-25(13-10-14-26(31)41-4)30-29(33(40)43-6-2)21(3)35-34-37(30)32(39)27(45-34)19-22-15-17-24(18-16-22)44-20-28(38)36-23-11-8-7-9-12-23/h7-19,30H,5-6,20H2,1-4H3,(H,36,38)/b27-19+/t30-/m1/s1. The fourth-order valence-corrected chi connectivity index (χ4v) is 6.02. The predicted molar refractivity (Wildman–Crippen MR) is 172 cm³/mol. The molecule has 0 unspecified atom stereocenters. The van der Waals surface area contributed by atoms with Crippen LogP contribution in [0.2, 0.25) is 0 Å². The van der Waals surface area contributed by atoms with Crippen molar-refractivity contribution in [1.29, 1.82) is 0 Å². The Morgan fingerprint density at radius 1 is 0.978 bits per heavy atom. The first-order valence-electron chi connectivity index (χ1n) is 14.4. The number of thiazole rings is 1. The van der Waals surface area contributed by atoms with Crippen molar-refractivity contribution in [3.63, 3.8) is 0 Å². The monoisotopic (exact) mass is 627 g/mol. The Bertz CT molecular complexity index is 1910. The quantitative estimate of drug-likeness (QED) is 0.248. The van der Waals surface area contributed by atoms with Gasteiger partial charge < -0.3 is 24.3 Å². The summed E-state index contributed by atoms with van der Waals surface area (Å²) in [6.45, 7) is 5.68. The number of benzene rings is 3. The van der Waals surface area contributed by atoms with Crippen LogP contribution in [0.15, 0.2) is 93.9 Å². The topological polar surface area (TPSA) is 117 Å². The van der Waals surface area contributed by atoms with Gasteiger partial charge in [-0.05, 0) is 62.7 Å². The van der Waals surface area contributed by atoms with Gasteiger partial charge in [-0.2, -0.15) is 0 Å². The number of para-hydroxylation sites is 2. The summed E-state index contributed by atoms with van der Waals surface area (Å²) >= 11 is 1.22. The first-order chi connectivity index (χ1) is 21.8. The molecule has 0 saturated carbocycles. The highest BCUT2D eigenvalue weighted by atomic mass is 32.1. The number of aromatic nitrogens is 1. The molecular formula is C34H33N3O7S. The summed E-state index contributed by atoms with van der Waals surface area (Å²) in [6, 6.07) is 20.7. The van der Waals surface area contributed by atoms with Crippen LogP contribution in [0.1, 0.15) is 37.9 Å². The number of amides is 1. The van der Waals surface area contributed by atoms with Crippen molar-refractivity contribution in [3.05, 3.63) is 115 Å². The Kier molecular flexibility index (Phi) is 9.79. The molecule has 1 amide bonds. The van der Waals surface area contributed by atoms with Crippen molar-refractivity contribution in [3.8, 4) is 17.2 Å². The molecule has 232 valence electrons. The number of hydrogen-bond donors (Lipinski definition) is 1. The van der Waals surface area contributed by atoms with E-state index in [2.05, 4.69) is 10.3 Å². The summed E-state index contributed by atoms with van der Waals surface area (Å²) in [5.41, 5.74) is 2.41. The Labute approximate surface area is 263 Å². The molecule has 0 saturated heterocycles. The second kappa shape index (κ2) is 14.1. The van der Waals surface area contributed by atoms with Crippen molar-refractivity contribution >= 4 is 35.0 Å². The summed E-state index contributed by atoms with van der Waals surface area (Å²) < 4.78 is 24.5. The second-order valence-corrected chi connectivity index (χ2v) is 10.9. The van der Waals surface area contributed by atoms with Gasteiger partial charge in [-0.15, -0.1) is 0 Å². The van der Waals surface area contributed by atoms with Gasteiger partial charge in [0.15, 0.2) is 22.9 Å². The molecule has 1 aliphatic rings. The lowest BCUT2D eigenvalue weighted by molar-refractivity contribution is -0.139. The number of rotatable bonds is 11. The Morgan fingerprint density at radius 2 is 1.73 bits per heavy atom. The maximum atomic E-state index is 14.0. The van der Waals surface area contributed by atoms with E-state index < -0.39 is 12.0 Å². The maximum absolute atomic E-state index is 14.0. The highest BCUT2D eigenvalue weighted by Gasteiger charge is 2.36. The lowest BCUT2D eigenvalue weighted by atomic mass is 9.94. The first kappa shape index (κ1) is 31.3. The highest BCUT2D eigenvalue weighted by molar-refractivity contribution is 7.07. The average molecular weight is 628 g/mol. The van der Waals surface area contributed by atoms with E-state index in [1.807, 2.05) is 31.2 Å². The smallest absolute Gasteiger partial charge is 0.338 e. The minimum Gasteiger partial charge on any atom is -0.493 e. The van der Waals surface area contributed by atoms with Crippen LogP contribution in [0, 0.1) is 0 Å². The van der Waals surface area contributed by atoms with Crippen molar-refractivity contribution in [2.24, 2.45) is 4.99 Å². The predicted octanol–water partition coefficient (Wildman–Crippen LogP) is 4.22. The van der Waals surface area contributed by atoms with E-state index >= 15 is 0 Å². The highest BCUT2D eigenvalue weighted by Crippen LogP contribution is 2.40. The molecule has 3 aromatic carbocycles. The van der Waals surface area contributed by atoms with Crippen LogP contribution in [0.25, 0.3) is 6.08 Å². The zero-order chi connectivity index (χ0) is 31.9. The number of nitrogens with one attached hydrogen (secondary N) is 1. The van der Waals surface area contributed by atoms with Gasteiger partial charge in [0, 0.05) is 11.3 Å². The van der Waals surface area contributed by atoms with E-state index in [-0.39, 0.29) is 30.3 Å². The van der Waals surface area contributed by atoms with Gasteiger partial charge >= 0.3 is 5.97 Å². The van der Waals surface area contributed by atoms with E-state index in [0.29, 0.717) is 50.1 Å². The van der Waals surface area contributed by atoms with Crippen molar-refractivity contribution in [2.75, 3.05) is 32.2 Å². The number of ether oxygens (including phenoxy) is 4. The number of hydrogen-bond acceptors (Lipinski definition) is 9. The van der Waals surface area contributed by atoms with Crippen LogP contribution in [0.5, 0.6) is 17.2 Å². The molecule has 10 nitrogen and oxygen atoms in total. The van der Waals surface area contributed by atoms with Gasteiger partial charge in [0.1, 0.15) is 11.8 Å². The van der Waals surface area contributed by atoms with Crippen LogP contribution < -0.4 is 34.4 Å².